The molecule has 16 heavy (non-hydrogen) atoms. The van der Waals surface area contributed by atoms with E-state index in [9.17, 15) is 0 Å². The van der Waals surface area contributed by atoms with Crippen LogP contribution < -0.4 is 5.73 Å². The Bertz CT molecular complexity index is 185. The van der Waals surface area contributed by atoms with E-state index in [0.29, 0.717) is 5.92 Å². The van der Waals surface area contributed by atoms with E-state index in [4.69, 9.17) is 5.73 Å². The summed E-state index contributed by atoms with van der Waals surface area (Å²) in [6.45, 7) is 11.5. The van der Waals surface area contributed by atoms with Crippen molar-refractivity contribution in [2.45, 2.75) is 38.9 Å². The second-order valence-corrected chi connectivity index (χ2v) is 6.80. The molecular weight excluding hydrogens is 216 g/mol. The maximum Gasteiger partial charge on any atom is 0.0172 e. The SMILES string of the molecule is CCC1CN(CC(CN)CC(C)C)CCS1. The fourth-order valence-electron chi connectivity index (χ4n) is 2.47. The average Bonchev–Trinajstić information content (AvgIpc) is 2.28. The highest BCUT2D eigenvalue weighted by molar-refractivity contribution is 8.00. The molecule has 3 heteroatoms. The Kier molecular flexibility index (Phi) is 6.78. The number of hydrogen-bond acceptors (Lipinski definition) is 3. The third-order valence-electron chi connectivity index (χ3n) is 3.33. The number of hydrogen-bond donors (Lipinski definition) is 1. The van der Waals surface area contributed by atoms with Crippen LogP contribution in [0.5, 0.6) is 0 Å². The van der Waals surface area contributed by atoms with E-state index >= 15 is 0 Å². The molecule has 0 aromatic heterocycles. The predicted octanol–water partition coefficient (Wildman–Crippen LogP) is 2.43. The molecule has 0 saturated carbocycles. The molecule has 0 spiro atoms. The average molecular weight is 244 g/mol. The fourth-order valence-corrected chi connectivity index (χ4v) is 3.72. The fraction of sp³-hybridized carbons (Fsp3) is 1.00. The van der Waals surface area contributed by atoms with Gasteiger partial charge in [-0.25, -0.2) is 0 Å². The van der Waals surface area contributed by atoms with Crippen LogP contribution in [0.2, 0.25) is 0 Å². The number of thioether (sulfide) groups is 1. The first kappa shape index (κ1) is 14.3. The molecule has 1 aliphatic rings. The second-order valence-electron chi connectivity index (χ2n) is 5.39. The molecule has 0 radical (unpaired) electrons. The van der Waals surface area contributed by atoms with Crippen molar-refractivity contribution in [1.29, 1.82) is 0 Å². The van der Waals surface area contributed by atoms with Gasteiger partial charge in [-0.05, 0) is 31.2 Å². The highest BCUT2D eigenvalue weighted by Gasteiger charge is 2.21. The molecule has 0 aromatic carbocycles. The summed E-state index contributed by atoms with van der Waals surface area (Å²) in [4.78, 5) is 2.63. The Hall–Kier alpha value is 0.270. The van der Waals surface area contributed by atoms with Gasteiger partial charge in [0.05, 0.1) is 0 Å². The minimum absolute atomic E-state index is 0.695. The first-order valence-corrected chi connectivity index (χ1v) is 7.74. The molecule has 1 heterocycles. The molecule has 1 saturated heterocycles. The molecule has 0 bridgehead atoms. The molecule has 2 nitrogen and oxygen atoms in total. The summed E-state index contributed by atoms with van der Waals surface area (Å²) in [5.41, 5.74) is 5.87. The van der Waals surface area contributed by atoms with Crippen LogP contribution in [0.3, 0.4) is 0 Å². The Balaban J connectivity index is 2.33. The van der Waals surface area contributed by atoms with Gasteiger partial charge < -0.3 is 10.6 Å². The largest absolute Gasteiger partial charge is 0.330 e. The van der Waals surface area contributed by atoms with E-state index in [-0.39, 0.29) is 0 Å². The lowest BCUT2D eigenvalue weighted by Crippen LogP contribution is -2.42. The lowest BCUT2D eigenvalue weighted by atomic mass is 9.96. The summed E-state index contributed by atoms with van der Waals surface area (Å²) in [6, 6.07) is 0. The van der Waals surface area contributed by atoms with Crippen molar-refractivity contribution in [1.82, 2.24) is 4.90 Å². The molecule has 0 aromatic rings. The molecule has 0 aliphatic carbocycles. The van der Waals surface area contributed by atoms with Gasteiger partial charge >= 0.3 is 0 Å². The van der Waals surface area contributed by atoms with Crippen LogP contribution in [0, 0.1) is 11.8 Å². The molecule has 1 aliphatic heterocycles. The van der Waals surface area contributed by atoms with E-state index in [2.05, 4.69) is 37.4 Å². The number of rotatable bonds is 6. The first-order valence-electron chi connectivity index (χ1n) is 6.69. The Morgan fingerprint density at radius 3 is 2.75 bits per heavy atom. The van der Waals surface area contributed by atoms with Gasteiger partial charge in [-0.2, -0.15) is 11.8 Å². The topological polar surface area (TPSA) is 29.3 Å². The molecule has 1 fully saturated rings. The van der Waals surface area contributed by atoms with Crippen LogP contribution in [0.1, 0.15) is 33.6 Å². The molecule has 96 valence electrons. The highest BCUT2D eigenvalue weighted by Crippen LogP contribution is 2.22. The second kappa shape index (κ2) is 7.57. The third kappa shape index (κ3) is 5.07. The molecular formula is C13H28N2S. The number of nitrogens with two attached hydrogens (primary N) is 1. The van der Waals surface area contributed by atoms with Gasteiger partial charge in [0.15, 0.2) is 0 Å². The van der Waals surface area contributed by atoms with Crippen molar-refractivity contribution in [3.8, 4) is 0 Å². The molecule has 1 rings (SSSR count). The van der Waals surface area contributed by atoms with E-state index in [1.165, 1.54) is 38.2 Å². The van der Waals surface area contributed by atoms with E-state index in [1.54, 1.807) is 0 Å². The Morgan fingerprint density at radius 2 is 2.19 bits per heavy atom. The van der Waals surface area contributed by atoms with Crippen LogP contribution in [0.15, 0.2) is 0 Å². The van der Waals surface area contributed by atoms with Crippen LogP contribution in [-0.4, -0.2) is 42.1 Å². The molecule has 2 unspecified atom stereocenters. The van der Waals surface area contributed by atoms with Crippen molar-refractivity contribution < 1.29 is 0 Å². The van der Waals surface area contributed by atoms with Crippen LogP contribution >= 0.6 is 11.8 Å². The molecule has 2 atom stereocenters. The van der Waals surface area contributed by atoms with Crippen LogP contribution in [0.4, 0.5) is 0 Å². The van der Waals surface area contributed by atoms with Crippen molar-refractivity contribution >= 4 is 11.8 Å². The monoisotopic (exact) mass is 244 g/mol. The van der Waals surface area contributed by atoms with Crippen molar-refractivity contribution in [2.75, 3.05) is 31.9 Å². The van der Waals surface area contributed by atoms with Crippen molar-refractivity contribution in [3.05, 3.63) is 0 Å². The maximum absolute atomic E-state index is 5.87. The predicted molar refractivity (Wildman–Crippen MR) is 75.0 cm³/mol. The first-order chi connectivity index (χ1) is 7.65. The minimum Gasteiger partial charge on any atom is -0.330 e. The van der Waals surface area contributed by atoms with Crippen molar-refractivity contribution in [3.63, 3.8) is 0 Å². The third-order valence-corrected chi connectivity index (χ3v) is 4.70. The quantitative estimate of drug-likeness (QED) is 0.778. The minimum atomic E-state index is 0.695. The van der Waals surface area contributed by atoms with Gasteiger partial charge in [-0.1, -0.05) is 20.8 Å². The van der Waals surface area contributed by atoms with Gasteiger partial charge in [-0.3, -0.25) is 0 Å². The zero-order valence-corrected chi connectivity index (χ0v) is 11.9. The van der Waals surface area contributed by atoms with E-state index < -0.39 is 0 Å². The summed E-state index contributed by atoms with van der Waals surface area (Å²) >= 11 is 2.14. The van der Waals surface area contributed by atoms with Gasteiger partial charge in [-0.15, -0.1) is 0 Å². The van der Waals surface area contributed by atoms with Crippen molar-refractivity contribution in [2.24, 2.45) is 17.6 Å². The Morgan fingerprint density at radius 1 is 1.44 bits per heavy atom. The number of nitrogens with zero attached hydrogens (tertiary/aromatic N) is 1. The van der Waals surface area contributed by atoms with Crippen LogP contribution in [0.25, 0.3) is 0 Å². The zero-order chi connectivity index (χ0) is 12.0. The molecule has 0 amide bonds. The van der Waals surface area contributed by atoms with Gasteiger partial charge in [0, 0.05) is 30.6 Å². The Labute approximate surface area is 105 Å². The normalized spacial score (nSPS) is 24.9. The summed E-state index contributed by atoms with van der Waals surface area (Å²) in [7, 11) is 0. The highest BCUT2D eigenvalue weighted by atomic mass is 32.2. The smallest absolute Gasteiger partial charge is 0.0172 e. The lowest BCUT2D eigenvalue weighted by Gasteiger charge is -2.34. The summed E-state index contributed by atoms with van der Waals surface area (Å²) in [5, 5.41) is 0.853. The van der Waals surface area contributed by atoms with Gasteiger partial charge in [0.1, 0.15) is 0 Å². The summed E-state index contributed by atoms with van der Waals surface area (Å²) in [6.07, 6.45) is 2.58. The zero-order valence-electron chi connectivity index (χ0n) is 11.1. The van der Waals surface area contributed by atoms with E-state index in [0.717, 1.165) is 17.7 Å². The summed E-state index contributed by atoms with van der Waals surface area (Å²) in [5.74, 6) is 2.77. The van der Waals surface area contributed by atoms with Gasteiger partial charge in [0.2, 0.25) is 0 Å². The maximum atomic E-state index is 5.87. The van der Waals surface area contributed by atoms with E-state index in [1.807, 2.05) is 0 Å². The lowest BCUT2D eigenvalue weighted by molar-refractivity contribution is 0.222. The standard InChI is InChI=1S/C13H28N2S/c1-4-13-10-15(5-6-16-13)9-12(8-14)7-11(2)3/h11-13H,4-10,14H2,1-3H3. The van der Waals surface area contributed by atoms with Gasteiger partial charge in [0.25, 0.3) is 0 Å². The summed E-state index contributed by atoms with van der Waals surface area (Å²) < 4.78 is 0. The molecule has 2 N–H and O–H groups in total. The van der Waals surface area contributed by atoms with Crippen LogP contribution in [-0.2, 0) is 0 Å².